The van der Waals surface area contributed by atoms with Gasteiger partial charge in [0, 0.05) is 18.2 Å². The molecule has 132 valence electrons. The van der Waals surface area contributed by atoms with Crippen molar-refractivity contribution in [3.63, 3.8) is 0 Å². The van der Waals surface area contributed by atoms with Crippen LogP contribution in [0.1, 0.15) is 36.3 Å². The van der Waals surface area contributed by atoms with Gasteiger partial charge in [-0.25, -0.2) is 9.97 Å². The Hall–Kier alpha value is -2.53. The van der Waals surface area contributed by atoms with Gasteiger partial charge in [0.15, 0.2) is 5.78 Å². The van der Waals surface area contributed by atoms with Crippen LogP contribution >= 0.6 is 11.3 Å². The summed E-state index contributed by atoms with van der Waals surface area (Å²) < 4.78 is 5.30. The first kappa shape index (κ1) is 16.9. The van der Waals surface area contributed by atoms with Crippen molar-refractivity contribution in [3.8, 4) is 26.9 Å². The van der Waals surface area contributed by atoms with Crippen LogP contribution in [0, 0.1) is 5.41 Å². The molecule has 0 atom stereocenters. The smallest absolute Gasteiger partial charge is 0.165 e. The van der Waals surface area contributed by atoms with Crippen molar-refractivity contribution in [2.45, 2.75) is 26.7 Å². The maximum atomic E-state index is 12.3. The molecule has 0 amide bonds. The predicted molar refractivity (Wildman–Crippen MR) is 104 cm³/mol. The lowest BCUT2D eigenvalue weighted by Crippen LogP contribution is -2.27. The molecule has 26 heavy (non-hydrogen) atoms. The minimum Gasteiger partial charge on any atom is -0.497 e. The fraction of sp³-hybridized carbons (Fsp3) is 0.286. The molecule has 0 saturated heterocycles. The lowest BCUT2D eigenvalue weighted by molar-refractivity contribution is 0.0910. The van der Waals surface area contributed by atoms with Crippen LogP contribution in [0.3, 0.4) is 0 Å². The number of rotatable bonds is 3. The number of aromatic nitrogens is 2. The lowest BCUT2D eigenvalue weighted by atomic mass is 9.75. The second kappa shape index (κ2) is 6.32. The first-order valence-corrected chi connectivity index (χ1v) is 9.41. The molecule has 0 radical (unpaired) electrons. The molecule has 1 aliphatic rings. The van der Waals surface area contributed by atoms with E-state index in [4.69, 9.17) is 9.72 Å². The lowest BCUT2D eigenvalue weighted by Gasteiger charge is -2.29. The van der Waals surface area contributed by atoms with Gasteiger partial charge in [-0.15, -0.1) is 11.3 Å². The summed E-state index contributed by atoms with van der Waals surface area (Å²) in [4.78, 5) is 22.7. The van der Waals surface area contributed by atoms with Crippen LogP contribution in [0.4, 0.5) is 0 Å². The van der Waals surface area contributed by atoms with E-state index in [-0.39, 0.29) is 11.2 Å². The van der Waals surface area contributed by atoms with E-state index < -0.39 is 0 Å². The third kappa shape index (κ3) is 3.15. The van der Waals surface area contributed by atoms with E-state index in [1.165, 1.54) is 0 Å². The quantitative estimate of drug-likeness (QED) is 0.654. The molecule has 2 heterocycles. The van der Waals surface area contributed by atoms with E-state index >= 15 is 0 Å². The third-order valence-electron chi connectivity index (χ3n) is 4.64. The van der Waals surface area contributed by atoms with Crippen molar-refractivity contribution in [2.75, 3.05) is 7.11 Å². The van der Waals surface area contributed by atoms with Gasteiger partial charge in [-0.05, 0) is 41.7 Å². The highest BCUT2D eigenvalue weighted by atomic mass is 32.1. The van der Waals surface area contributed by atoms with Crippen LogP contribution in [-0.4, -0.2) is 22.9 Å². The number of hydrogen-bond donors (Lipinski definition) is 0. The molecule has 2 aromatic heterocycles. The Morgan fingerprint density at radius 1 is 1.15 bits per heavy atom. The van der Waals surface area contributed by atoms with Crippen LogP contribution < -0.4 is 4.74 Å². The number of hydrogen-bond acceptors (Lipinski definition) is 5. The summed E-state index contributed by atoms with van der Waals surface area (Å²) in [6.07, 6.45) is 3.26. The molecule has 1 aliphatic carbocycles. The minimum atomic E-state index is -0.0374. The zero-order valence-corrected chi connectivity index (χ0v) is 15.9. The Bertz CT molecular complexity index is 991. The fourth-order valence-electron chi connectivity index (χ4n) is 3.36. The van der Waals surface area contributed by atoms with Crippen molar-refractivity contribution in [1.29, 1.82) is 0 Å². The second-order valence-corrected chi connectivity index (χ2v) is 8.42. The van der Waals surface area contributed by atoms with Crippen LogP contribution in [0.15, 0.2) is 42.6 Å². The molecule has 1 aromatic carbocycles. The Kier molecular flexibility index (Phi) is 4.11. The van der Waals surface area contributed by atoms with Crippen LogP contribution in [0.25, 0.3) is 21.1 Å². The molecule has 0 unspecified atom stereocenters. The molecule has 0 saturated carbocycles. The molecular weight excluding hydrogens is 344 g/mol. The Morgan fingerprint density at radius 2 is 2.00 bits per heavy atom. The molecule has 5 heteroatoms. The minimum absolute atomic E-state index is 0.0374. The number of nitrogens with zero attached hydrogens (tertiary/aromatic N) is 2. The summed E-state index contributed by atoms with van der Waals surface area (Å²) >= 11 is 1.60. The predicted octanol–water partition coefficient (Wildman–Crippen LogP) is 5.04. The van der Waals surface area contributed by atoms with Crippen molar-refractivity contribution < 1.29 is 9.53 Å². The molecule has 4 rings (SSSR count). The molecule has 0 fully saturated rings. The van der Waals surface area contributed by atoms with Gasteiger partial charge in [0.2, 0.25) is 0 Å². The molecule has 0 bridgehead atoms. The first-order chi connectivity index (χ1) is 12.4. The summed E-state index contributed by atoms with van der Waals surface area (Å²) in [6, 6.07) is 11.7. The van der Waals surface area contributed by atoms with Gasteiger partial charge in [0.1, 0.15) is 10.8 Å². The molecule has 4 nitrogen and oxygen atoms in total. The van der Waals surface area contributed by atoms with E-state index in [1.807, 2.05) is 42.6 Å². The normalized spacial score (nSPS) is 15.6. The number of Topliss-reactive ketones (excluding diaryl/α,β-unsaturated/α-hetero) is 1. The fourth-order valence-corrected chi connectivity index (χ4v) is 4.24. The van der Waals surface area contributed by atoms with E-state index in [0.29, 0.717) is 6.42 Å². The molecule has 0 spiro atoms. The van der Waals surface area contributed by atoms with Gasteiger partial charge in [-0.3, -0.25) is 4.79 Å². The van der Waals surface area contributed by atoms with Crippen molar-refractivity contribution in [3.05, 3.63) is 53.9 Å². The number of thiazole rings is 1. The standard InChI is InChI=1S/C21H20N2O2S/c1-21(2)10-17-15(18(24)11-21)7-8-16(23-17)20-22-12-19(26-20)13-5-4-6-14(9-13)25-3/h4-9,12H,10-11H2,1-3H3. The topological polar surface area (TPSA) is 52.1 Å². The number of pyridine rings is 1. The van der Waals surface area contributed by atoms with E-state index in [9.17, 15) is 4.79 Å². The number of methoxy groups -OCH3 is 1. The van der Waals surface area contributed by atoms with Crippen molar-refractivity contribution in [2.24, 2.45) is 5.41 Å². The van der Waals surface area contributed by atoms with E-state index in [0.717, 1.165) is 44.6 Å². The number of ketones is 1. The zero-order valence-electron chi connectivity index (χ0n) is 15.1. The highest BCUT2D eigenvalue weighted by molar-refractivity contribution is 7.18. The largest absolute Gasteiger partial charge is 0.497 e. The van der Waals surface area contributed by atoms with Crippen molar-refractivity contribution >= 4 is 17.1 Å². The highest BCUT2D eigenvalue weighted by Gasteiger charge is 2.32. The average molecular weight is 364 g/mol. The van der Waals surface area contributed by atoms with Gasteiger partial charge in [0.05, 0.1) is 23.4 Å². The van der Waals surface area contributed by atoms with Gasteiger partial charge < -0.3 is 4.74 Å². The summed E-state index contributed by atoms with van der Waals surface area (Å²) in [5, 5.41) is 0.862. The number of ether oxygens (including phenoxy) is 1. The van der Waals surface area contributed by atoms with Gasteiger partial charge in [0.25, 0.3) is 0 Å². The third-order valence-corrected chi connectivity index (χ3v) is 5.71. The van der Waals surface area contributed by atoms with Crippen LogP contribution in [0.2, 0.25) is 0 Å². The first-order valence-electron chi connectivity index (χ1n) is 8.59. The molecular formula is C21H20N2O2S. The zero-order chi connectivity index (χ0) is 18.3. The number of carbonyl (C=O) groups excluding carboxylic acids is 1. The average Bonchev–Trinajstić information content (AvgIpc) is 3.10. The van der Waals surface area contributed by atoms with Gasteiger partial charge in [-0.1, -0.05) is 26.0 Å². The van der Waals surface area contributed by atoms with Gasteiger partial charge >= 0.3 is 0 Å². The van der Waals surface area contributed by atoms with Crippen molar-refractivity contribution in [1.82, 2.24) is 9.97 Å². The Labute approximate surface area is 156 Å². The Morgan fingerprint density at radius 3 is 2.81 bits per heavy atom. The van der Waals surface area contributed by atoms with E-state index in [2.05, 4.69) is 18.8 Å². The Balaban J connectivity index is 1.69. The summed E-state index contributed by atoms with van der Waals surface area (Å²) in [7, 11) is 1.66. The SMILES string of the molecule is COc1cccc(-c2cnc(-c3ccc4c(n3)CC(C)(C)CC4=O)s2)c1. The summed E-state index contributed by atoms with van der Waals surface area (Å²) in [5.41, 5.74) is 3.51. The maximum Gasteiger partial charge on any atom is 0.165 e. The monoisotopic (exact) mass is 364 g/mol. The summed E-state index contributed by atoms with van der Waals surface area (Å²) in [5.74, 6) is 1.01. The molecule has 0 aliphatic heterocycles. The second-order valence-electron chi connectivity index (χ2n) is 7.39. The highest BCUT2D eigenvalue weighted by Crippen LogP contribution is 2.37. The van der Waals surface area contributed by atoms with Crippen LogP contribution in [0.5, 0.6) is 5.75 Å². The maximum absolute atomic E-state index is 12.3. The number of benzene rings is 1. The molecule has 3 aromatic rings. The van der Waals surface area contributed by atoms with Gasteiger partial charge in [-0.2, -0.15) is 0 Å². The molecule has 0 N–H and O–H groups in total. The number of fused-ring (bicyclic) bond motifs is 1. The number of carbonyl (C=O) groups is 1. The van der Waals surface area contributed by atoms with Crippen LogP contribution in [-0.2, 0) is 6.42 Å². The van der Waals surface area contributed by atoms with E-state index in [1.54, 1.807) is 18.4 Å². The summed E-state index contributed by atoms with van der Waals surface area (Å²) in [6.45, 7) is 4.24.